The summed E-state index contributed by atoms with van der Waals surface area (Å²) in [5.74, 6) is 0.781. The normalized spacial score (nSPS) is 14.4. The van der Waals surface area contributed by atoms with Crippen molar-refractivity contribution in [3.8, 4) is 0 Å². The highest BCUT2D eigenvalue weighted by Crippen LogP contribution is 2.27. The zero-order valence-corrected chi connectivity index (χ0v) is 14.4. The van der Waals surface area contributed by atoms with Gasteiger partial charge in [0, 0.05) is 10.5 Å². The lowest BCUT2D eigenvalue weighted by Gasteiger charge is -2.23. The van der Waals surface area contributed by atoms with Crippen LogP contribution in [0.25, 0.3) is 0 Å². The van der Waals surface area contributed by atoms with Gasteiger partial charge in [0.2, 0.25) is 0 Å². The second-order valence-electron chi connectivity index (χ2n) is 5.64. The molecule has 0 saturated carbocycles. The molecule has 0 spiro atoms. The Morgan fingerprint density at radius 1 is 1.21 bits per heavy atom. The fraction of sp³-hybridized carbons (Fsp3) is 0.647. The maximum Gasteiger partial charge on any atom is 0.0322 e. The van der Waals surface area contributed by atoms with Crippen molar-refractivity contribution in [2.45, 2.75) is 59.4 Å². The minimum atomic E-state index is 0.494. The highest BCUT2D eigenvalue weighted by atomic mass is 79.9. The SMILES string of the molecule is CCCNC(CC(C)CCC)c1ccc(Br)c(C)c1. The van der Waals surface area contributed by atoms with E-state index in [0.29, 0.717) is 6.04 Å². The zero-order valence-electron chi connectivity index (χ0n) is 12.8. The Bertz CT molecular complexity index is 376. The molecule has 0 aliphatic rings. The number of aryl methyl sites for hydroxylation is 1. The van der Waals surface area contributed by atoms with E-state index in [1.807, 2.05) is 0 Å². The molecule has 0 saturated heterocycles. The van der Waals surface area contributed by atoms with E-state index < -0.39 is 0 Å². The molecule has 0 aromatic heterocycles. The van der Waals surface area contributed by atoms with E-state index in [9.17, 15) is 0 Å². The van der Waals surface area contributed by atoms with Crippen LogP contribution < -0.4 is 5.32 Å². The number of rotatable bonds is 8. The predicted octanol–water partition coefficient (Wildman–Crippen LogP) is 5.62. The Morgan fingerprint density at radius 2 is 1.95 bits per heavy atom. The standard InChI is InChI=1S/C17H28BrN/c1-5-7-13(3)11-17(19-10-6-2)15-8-9-16(18)14(4)12-15/h8-9,12-13,17,19H,5-7,10-11H2,1-4H3. The minimum Gasteiger partial charge on any atom is -0.310 e. The molecule has 0 amide bonds. The molecular formula is C17H28BrN. The van der Waals surface area contributed by atoms with E-state index in [2.05, 4.69) is 67.1 Å². The summed E-state index contributed by atoms with van der Waals surface area (Å²) < 4.78 is 1.20. The monoisotopic (exact) mass is 325 g/mol. The summed E-state index contributed by atoms with van der Waals surface area (Å²) in [5, 5.41) is 3.71. The lowest BCUT2D eigenvalue weighted by Crippen LogP contribution is -2.24. The molecule has 1 nitrogen and oxygen atoms in total. The van der Waals surface area contributed by atoms with Gasteiger partial charge < -0.3 is 5.32 Å². The van der Waals surface area contributed by atoms with Crippen LogP contribution in [0.2, 0.25) is 0 Å². The maximum absolute atomic E-state index is 3.71. The van der Waals surface area contributed by atoms with Crippen molar-refractivity contribution < 1.29 is 0 Å². The zero-order chi connectivity index (χ0) is 14.3. The van der Waals surface area contributed by atoms with Crippen molar-refractivity contribution in [1.82, 2.24) is 5.32 Å². The van der Waals surface area contributed by atoms with Gasteiger partial charge in [0.25, 0.3) is 0 Å². The smallest absolute Gasteiger partial charge is 0.0322 e. The Morgan fingerprint density at radius 3 is 2.53 bits per heavy atom. The molecule has 108 valence electrons. The molecule has 0 aliphatic heterocycles. The molecule has 19 heavy (non-hydrogen) atoms. The van der Waals surface area contributed by atoms with Crippen molar-refractivity contribution in [2.75, 3.05) is 6.54 Å². The average molecular weight is 326 g/mol. The first-order chi connectivity index (χ1) is 9.08. The predicted molar refractivity (Wildman–Crippen MR) is 88.6 cm³/mol. The Kier molecular flexibility index (Phi) is 7.70. The van der Waals surface area contributed by atoms with Crippen LogP contribution in [-0.2, 0) is 0 Å². The largest absolute Gasteiger partial charge is 0.310 e. The molecule has 2 atom stereocenters. The third kappa shape index (κ3) is 5.66. The van der Waals surface area contributed by atoms with Gasteiger partial charge in [-0.3, -0.25) is 0 Å². The van der Waals surface area contributed by atoms with E-state index in [-0.39, 0.29) is 0 Å². The maximum atomic E-state index is 3.71. The van der Waals surface area contributed by atoms with Gasteiger partial charge >= 0.3 is 0 Å². The number of hydrogen-bond acceptors (Lipinski definition) is 1. The first-order valence-electron chi connectivity index (χ1n) is 7.57. The molecule has 0 fully saturated rings. The van der Waals surface area contributed by atoms with Gasteiger partial charge in [-0.15, -0.1) is 0 Å². The lowest BCUT2D eigenvalue weighted by atomic mass is 9.92. The number of halogens is 1. The van der Waals surface area contributed by atoms with E-state index in [1.165, 1.54) is 41.3 Å². The van der Waals surface area contributed by atoms with Gasteiger partial charge in [0.1, 0.15) is 0 Å². The Balaban J connectivity index is 2.79. The van der Waals surface area contributed by atoms with Gasteiger partial charge in [-0.1, -0.05) is 61.7 Å². The fourth-order valence-corrected chi connectivity index (χ4v) is 2.80. The molecule has 1 rings (SSSR count). The molecule has 0 bridgehead atoms. The second kappa shape index (κ2) is 8.76. The van der Waals surface area contributed by atoms with Crippen LogP contribution in [-0.4, -0.2) is 6.54 Å². The first-order valence-corrected chi connectivity index (χ1v) is 8.37. The van der Waals surface area contributed by atoms with E-state index >= 15 is 0 Å². The summed E-state index contributed by atoms with van der Waals surface area (Å²) in [6.07, 6.45) is 5.02. The molecule has 2 heteroatoms. The third-order valence-corrected chi connectivity index (χ3v) is 4.53. The van der Waals surface area contributed by atoms with Crippen LogP contribution in [0.3, 0.4) is 0 Å². The number of hydrogen-bond donors (Lipinski definition) is 1. The quantitative estimate of drug-likeness (QED) is 0.653. The van der Waals surface area contributed by atoms with Gasteiger partial charge in [-0.05, 0) is 49.4 Å². The average Bonchev–Trinajstić information content (AvgIpc) is 2.38. The molecular weight excluding hydrogens is 298 g/mol. The van der Waals surface area contributed by atoms with Crippen LogP contribution in [0.1, 0.15) is 63.6 Å². The highest BCUT2D eigenvalue weighted by Gasteiger charge is 2.15. The summed E-state index contributed by atoms with van der Waals surface area (Å²) in [5.41, 5.74) is 2.75. The van der Waals surface area contributed by atoms with E-state index in [1.54, 1.807) is 0 Å². The summed E-state index contributed by atoms with van der Waals surface area (Å²) in [4.78, 5) is 0. The van der Waals surface area contributed by atoms with Crippen LogP contribution in [0.5, 0.6) is 0 Å². The van der Waals surface area contributed by atoms with Crippen molar-refractivity contribution in [2.24, 2.45) is 5.92 Å². The van der Waals surface area contributed by atoms with E-state index in [0.717, 1.165) is 12.5 Å². The van der Waals surface area contributed by atoms with Crippen LogP contribution >= 0.6 is 15.9 Å². The van der Waals surface area contributed by atoms with Crippen LogP contribution in [0.15, 0.2) is 22.7 Å². The second-order valence-corrected chi connectivity index (χ2v) is 6.50. The Labute approximate surface area is 127 Å². The summed E-state index contributed by atoms with van der Waals surface area (Å²) in [7, 11) is 0. The molecule has 0 heterocycles. The fourth-order valence-electron chi connectivity index (χ4n) is 2.55. The van der Waals surface area contributed by atoms with Crippen molar-refractivity contribution >= 4 is 15.9 Å². The molecule has 0 aliphatic carbocycles. The van der Waals surface area contributed by atoms with Gasteiger partial charge in [-0.25, -0.2) is 0 Å². The summed E-state index contributed by atoms with van der Waals surface area (Å²) in [6, 6.07) is 7.24. The number of benzene rings is 1. The molecule has 0 radical (unpaired) electrons. The Hall–Kier alpha value is -0.340. The molecule has 1 aromatic rings. The van der Waals surface area contributed by atoms with E-state index in [4.69, 9.17) is 0 Å². The van der Waals surface area contributed by atoms with Gasteiger partial charge in [-0.2, -0.15) is 0 Å². The van der Waals surface area contributed by atoms with Crippen molar-refractivity contribution in [3.63, 3.8) is 0 Å². The van der Waals surface area contributed by atoms with Crippen LogP contribution in [0, 0.1) is 12.8 Å². The third-order valence-electron chi connectivity index (χ3n) is 3.64. The van der Waals surface area contributed by atoms with Crippen molar-refractivity contribution in [1.29, 1.82) is 0 Å². The lowest BCUT2D eigenvalue weighted by molar-refractivity contribution is 0.390. The van der Waals surface area contributed by atoms with Crippen molar-refractivity contribution in [3.05, 3.63) is 33.8 Å². The van der Waals surface area contributed by atoms with Crippen LogP contribution in [0.4, 0.5) is 0 Å². The summed E-state index contributed by atoms with van der Waals surface area (Å²) in [6.45, 7) is 10.1. The van der Waals surface area contributed by atoms with Gasteiger partial charge in [0.05, 0.1) is 0 Å². The topological polar surface area (TPSA) is 12.0 Å². The number of nitrogens with one attached hydrogen (secondary N) is 1. The molecule has 1 N–H and O–H groups in total. The minimum absolute atomic E-state index is 0.494. The molecule has 2 unspecified atom stereocenters. The summed E-state index contributed by atoms with van der Waals surface area (Å²) >= 11 is 3.59. The van der Waals surface area contributed by atoms with Gasteiger partial charge in [0.15, 0.2) is 0 Å². The highest BCUT2D eigenvalue weighted by molar-refractivity contribution is 9.10. The molecule has 1 aromatic carbocycles. The first kappa shape index (κ1) is 16.7.